The largest absolute Gasteiger partial charge is 0.437 e. The standard InChI is InChI=1S/C17H12BrFN2O2/c18-15-4-2-1-3-13(15)9-21-22-11-17-20-10-16(23-17)12-5-7-14(19)8-6-12/h1-10H,11H2/b21-9-. The van der Waals surface area contributed by atoms with E-state index in [2.05, 4.69) is 26.1 Å². The van der Waals surface area contributed by atoms with E-state index in [4.69, 9.17) is 9.25 Å². The lowest BCUT2D eigenvalue weighted by Gasteiger charge is -1.98. The summed E-state index contributed by atoms with van der Waals surface area (Å²) in [6, 6.07) is 13.7. The number of nitrogens with zero attached hydrogens (tertiary/aromatic N) is 2. The van der Waals surface area contributed by atoms with Crippen molar-refractivity contribution in [3.63, 3.8) is 0 Å². The van der Waals surface area contributed by atoms with Gasteiger partial charge in [-0.2, -0.15) is 0 Å². The number of benzene rings is 2. The van der Waals surface area contributed by atoms with Gasteiger partial charge in [-0.15, -0.1) is 0 Å². The van der Waals surface area contributed by atoms with Crippen LogP contribution >= 0.6 is 15.9 Å². The van der Waals surface area contributed by atoms with Crippen LogP contribution in [0.15, 0.2) is 68.8 Å². The molecule has 4 nitrogen and oxygen atoms in total. The maximum Gasteiger partial charge on any atom is 0.235 e. The fourth-order valence-electron chi connectivity index (χ4n) is 1.89. The monoisotopic (exact) mass is 374 g/mol. The van der Waals surface area contributed by atoms with Crippen molar-refractivity contribution in [2.24, 2.45) is 5.16 Å². The van der Waals surface area contributed by atoms with E-state index in [1.807, 2.05) is 24.3 Å². The van der Waals surface area contributed by atoms with Crippen molar-refractivity contribution in [1.82, 2.24) is 4.98 Å². The first-order valence-electron chi connectivity index (χ1n) is 6.83. The molecule has 116 valence electrons. The molecule has 0 spiro atoms. The van der Waals surface area contributed by atoms with E-state index in [9.17, 15) is 4.39 Å². The summed E-state index contributed by atoms with van der Waals surface area (Å²) >= 11 is 3.42. The Morgan fingerprint density at radius 3 is 2.74 bits per heavy atom. The van der Waals surface area contributed by atoms with E-state index >= 15 is 0 Å². The van der Waals surface area contributed by atoms with Gasteiger partial charge in [-0.3, -0.25) is 0 Å². The normalized spacial score (nSPS) is 11.0. The van der Waals surface area contributed by atoms with Crippen molar-refractivity contribution < 1.29 is 13.6 Å². The van der Waals surface area contributed by atoms with Gasteiger partial charge in [0.05, 0.1) is 12.4 Å². The Bertz CT molecular complexity index is 815. The minimum atomic E-state index is -0.293. The van der Waals surface area contributed by atoms with E-state index in [-0.39, 0.29) is 12.4 Å². The summed E-state index contributed by atoms with van der Waals surface area (Å²) in [6.07, 6.45) is 3.18. The molecule has 0 aliphatic carbocycles. The van der Waals surface area contributed by atoms with Gasteiger partial charge < -0.3 is 9.25 Å². The maximum atomic E-state index is 12.9. The minimum Gasteiger partial charge on any atom is -0.437 e. The molecule has 2 aromatic carbocycles. The number of hydrogen-bond acceptors (Lipinski definition) is 4. The molecule has 0 aliphatic rings. The average molecular weight is 375 g/mol. The summed E-state index contributed by atoms with van der Waals surface area (Å²) < 4.78 is 19.4. The summed E-state index contributed by atoms with van der Waals surface area (Å²) in [7, 11) is 0. The third-order valence-electron chi connectivity index (χ3n) is 3.04. The van der Waals surface area contributed by atoms with E-state index in [0.29, 0.717) is 11.7 Å². The van der Waals surface area contributed by atoms with Crippen LogP contribution in [-0.4, -0.2) is 11.2 Å². The van der Waals surface area contributed by atoms with Crippen molar-refractivity contribution in [1.29, 1.82) is 0 Å². The molecule has 1 heterocycles. The summed E-state index contributed by atoms with van der Waals surface area (Å²) in [5, 5.41) is 3.89. The van der Waals surface area contributed by atoms with Crippen molar-refractivity contribution in [3.8, 4) is 11.3 Å². The van der Waals surface area contributed by atoms with Crippen molar-refractivity contribution in [3.05, 3.63) is 76.5 Å². The predicted octanol–water partition coefficient (Wildman–Crippen LogP) is 4.79. The van der Waals surface area contributed by atoms with Crippen LogP contribution in [0.25, 0.3) is 11.3 Å². The van der Waals surface area contributed by atoms with Crippen LogP contribution in [0.1, 0.15) is 11.5 Å². The molecule has 1 aromatic heterocycles. The number of oxime groups is 1. The molecule has 0 fully saturated rings. The Morgan fingerprint density at radius 1 is 1.17 bits per heavy atom. The molecule has 0 saturated heterocycles. The Hall–Kier alpha value is -2.47. The lowest BCUT2D eigenvalue weighted by atomic mass is 10.2. The zero-order valence-electron chi connectivity index (χ0n) is 11.9. The topological polar surface area (TPSA) is 47.6 Å². The molecule has 0 aliphatic heterocycles. The van der Waals surface area contributed by atoms with Crippen LogP contribution in [-0.2, 0) is 11.4 Å². The number of aromatic nitrogens is 1. The van der Waals surface area contributed by atoms with Crippen LogP contribution in [0.4, 0.5) is 4.39 Å². The third kappa shape index (κ3) is 4.04. The highest BCUT2D eigenvalue weighted by atomic mass is 79.9. The lowest BCUT2D eigenvalue weighted by molar-refractivity contribution is 0.113. The molecule has 3 aromatic rings. The summed E-state index contributed by atoms with van der Waals surface area (Å²) in [4.78, 5) is 9.29. The van der Waals surface area contributed by atoms with Gasteiger partial charge in [0.15, 0.2) is 12.4 Å². The smallest absolute Gasteiger partial charge is 0.235 e. The van der Waals surface area contributed by atoms with Crippen LogP contribution in [0.3, 0.4) is 0 Å². The van der Waals surface area contributed by atoms with Gasteiger partial charge in [0.2, 0.25) is 5.89 Å². The van der Waals surface area contributed by atoms with Crippen molar-refractivity contribution >= 4 is 22.1 Å². The van der Waals surface area contributed by atoms with Gasteiger partial charge >= 0.3 is 0 Å². The molecule has 3 rings (SSSR count). The maximum absolute atomic E-state index is 12.9. The van der Waals surface area contributed by atoms with Crippen LogP contribution in [0.2, 0.25) is 0 Å². The minimum absolute atomic E-state index is 0.113. The fraction of sp³-hybridized carbons (Fsp3) is 0.0588. The van der Waals surface area contributed by atoms with Crippen LogP contribution in [0, 0.1) is 5.82 Å². The number of hydrogen-bond donors (Lipinski definition) is 0. The second-order valence-electron chi connectivity index (χ2n) is 4.65. The molecular weight excluding hydrogens is 363 g/mol. The Kier molecular flexibility index (Phi) is 4.83. The first-order valence-corrected chi connectivity index (χ1v) is 7.62. The summed E-state index contributed by atoms with van der Waals surface area (Å²) in [6.45, 7) is 0.113. The molecule has 6 heteroatoms. The quantitative estimate of drug-likeness (QED) is 0.476. The van der Waals surface area contributed by atoms with Gasteiger partial charge in [0, 0.05) is 15.6 Å². The van der Waals surface area contributed by atoms with E-state index in [1.165, 1.54) is 12.1 Å². The highest BCUT2D eigenvalue weighted by Gasteiger charge is 2.06. The molecule has 0 saturated carbocycles. The van der Waals surface area contributed by atoms with Crippen molar-refractivity contribution in [2.75, 3.05) is 0 Å². The molecular formula is C17H12BrFN2O2. The molecule has 0 bridgehead atoms. The zero-order valence-corrected chi connectivity index (χ0v) is 13.5. The SMILES string of the molecule is Fc1ccc(-c2cnc(CO/N=C\c3ccccc3Br)o2)cc1. The van der Waals surface area contributed by atoms with Gasteiger partial charge in [-0.25, -0.2) is 9.37 Å². The molecule has 0 unspecified atom stereocenters. The van der Waals surface area contributed by atoms with Gasteiger partial charge in [-0.05, 0) is 30.3 Å². The molecule has 0 radical (unpaired) electrons. The Labute approximate surface area is 140 Å². The molecule has 0 amide bonds. The van der Waals surface area contributed by atoms with Gasteiger partial charge in [-0.1, -0.05) is 39.3 Å². The van der Waals surface area contributed by atoms with Gasteiger partial charge in [0.1, 0.15) is 5.82 Å². The van der Waals surface area contributed by atoms with E-state index in [0.717, 1.165) is 15.6 Å². The highest BCUT2D eigenvalue weighted by Crippen LogP contribution is 2.21. The van der Waals surface area contributed by atoms with E-state index in [1.54, 1.807) is 24.5 Å². The zero-order chi connectivity index (χ0) is 16.1. The fourth-order valence-corrected chi connectivity index (χ4v) is 2.28. The Morgan fingerprint density at radius 2 is 1.96 bits per heavy atom. The number of halogens is 2. The second kappa shape index (κ2) is 7.19. The number of oxazole rings is 1. The average Bonchev–Trinajstić information content (AvgIpc) is 3.03. The summed E-state index contributed by atoms with van der Waals surface area (Å²) in [5.41, 5.74) is 1.66. The van der Waals surface area contributed by atoms with Crippen molar-refractivity contribution in [2.45, 2.75) is 6.61 Å². The molecule has 23 heavy (non-hydrogen) atoms. The van der Waals surface area contributed by atoms with E-state index < -0.39 is 0 Å². The third-order valence-corrected chi connectivity index (χ3v) is 3.76. The lowest BCUT2D eigenvalue weighted by Crippen LogP contribution is -1.88. The first kappa shape index (κ1) is 15.4. The first-order chi connectivity index (χ1) is 11.2. The Balaban J connectivity index is 1.59. The van der Waals surface area contributed by atoms with Gasteiger partial charge in [0.25, 0.3) is 0 Å². The summed E-state index contributed by atoms with van der Waals surface area (Å²) in [5.74, 6) is 0.658. The molecule has 0 N–H and O–H groups in total. The number of rotatable bonds is 5. The predicted molar refractivity (Wildman–Crippen MR) is 88.4 cm³/mol. The molecule has 0 atom stereocenters. The van der Waals surface area contributed by atoms with Crippen LogP contribution < -0.4 is 0 Å². The van der Waals surface area contributed by atoms with Crippen LogP contribution in [0.5, 0.6) is 0 Å². The second-order valence-corrected chi connectivity index (χ2v) is 5.51. The highest BCUT2D eigenvalue weighted by molar-refractivity contribution is 9.10.